The third-order valence-electron chi connectivity index (χ3n) is 3.13. The van der Waals surface area contributed by atoms with Gasteiger partial charge in [0.05, 0.1) is 17.5 Å². The van der Waals surface area contributed by atoms with Gasteiger partial charge in [0.1, 0.15) is 11.5 Å². The van der Waals surface area contributed by atoms with Crippen molar-refractivity contribution in [1.82, 2.24) is 5.43 Å². The van der Waals surface area contributed by atoms with Crippen molar-refractivity contribution in [2.45, 2.75) is 6.92 Å². The fourth-order valence-corrected chi connectivity index (χ4v) is 2.54. The van der Waals surface area contributed by atoms with Crippen LogP contribution < -0.4 is 10.1 Å². The summed E-state index contributed by atoms with van der Waals surface area (Å²) in [6.45, 7) is 1.63. The molecule has 2 rings (SSSR count). The average molecular weight is 363 g/mol. The van der Waals surface area contributed by atoms with Crippen LogP contribution in [0.1, 0.15) is 22.8 Å². The number of hydrogen-bond acceptors (Lipinski definition) is 6. The Morgan fingerprint density at radius 1 is 1.12 bits per heavy atom. The van der Waals surface area contributed by atoms with Crippen molar-refractivity contribution in [2.75, 3.05) is 11.0 Å². The quantitative estimate of drug-likeness (QED) is 0.365. The number of rotatable bonds is 5. The van der Waals surface area contributed by atoms with Crippen LogP contribution in [0.2, 0.25) is 0 Å². The molecule has 0 saturated carbocycles. The number of carbonyl (C=O) groups is 1. The first kappa shape index (κ1) is 18.3. The number of benzene rings is 2. The summed E-state index contributed by atoms with van der Waals surface area (Å²) in [5.74, 6) is -1.15. The van der Waals surface area contributed by atoms with Gasteiger partial charge in [-0.1, -0.05) is 12.1 Å². The van der Waals surface area contributed by atoms with E-state index in [9.17, 15) is 23.4 Å². The normalized spacial score (nSPS) is 11.8. The molecule has 0 bridgehead atoms. The molecule has 0 fully saturated rings. The van der Waals surface area contributed by atoms with Gasteiger partial charge in [0.25, 0.3) is 5.91 Å². The second kappa shape index (κ2) is 7.22. The van der Waals surface area contributed by atoms with Gasteiger partial charge in [0.2, 0.25) is 10.0 Å². The molecular formula is C16H17N3O5S. The second-order valence-corrected chi connectivity index (χ2v) is 7.04. The highest BCUT2D eigenvalue weighted by Gasteiger charge is 2.12. The maximum atomic E-state index is 12.0. The Morgan fingerprint density at radius 2 is 1.84 bits per heavy atom. The Hall–Kier alpha value is -3.07. The van der Waals surface area contributed by atoms with Crippen LogP contribution in [0.4, 0.5) is 5.69 Å². The number of anilines is 1. The van der Waals surface area contributed by atoms with Crippen molar-refractivity contribution in [3.8, 4) is 11.5 Å². The number of hydrogen-bond donors (Lipinski definition) is 4. The molecule has 0 aliphatic carbocycles. The minimum Gasteiger partial charge on any atom is -0.508 e. The molecule has 0 aliphatic rings. The Morgan fingerprint density at radius 3 is 2.52 bits per heavy atom. The van der Waals surface area contributed by atoms with E-state index in [4.69, 9.17) is 0 Å². The number of aromatic hydroxyl groups is 2. The van der Waals surface area contributed by atoms with Gasteiger partial charge in [0.15, 0.2) is 0 Å². The van der Waals surface area contributed by atoms with E-state index in [1.54, 1.807) is 31.2 Å². The Bertz CT molecular complexity index is 939. The molecule has 8 nitrogen and oxygen atoms in total. The summed E-state index contributed by atoms with van der Waals surface area (Å²) in [4.78, 5) is 12.0. The highest BCUT2D eigenvalue weighted by atomic mass is 32.2. The summed E-state index contributed by atoms with van der Waals surface area (Å²) in [5.41, 5.74) is 3.53. The lowest BCUT2D eigenvalue weighted by molar-refractivity contribution is 0.0951. The number of phenolic OH excluding ortho intramolecular Hbond substituents is 2. The van der Waals surface area contributed by atoms with Crippen molar-refractivity contribution in [3.63, 3.8) is 0 Å². The van der Waals surface area contributed by atoms with Gasteiger partial charge in [-0.2, -0.15) is 5.10 Å². The predicted octanol–water partition coefficient (Wildman–Crippen LogP) is 1.62. The zero-order valence-electron chi connectivity index (χ0n) is 13.5. The van der Waals surface area contributed by atoms with E-state index in [1.165, 1.54) is 12.1 Å². The predicted molar refractivity (Wildman–Crippen MR) is 94.4 cm³/mol. The molecule has 2 aromatic rings. The van der Waals surface area contributed by atoms with E-state index in [-0.39, 0.29) is 17.1 Å². The van der Waals surface area contributed by atoms with Gasteiger partial charge in [-0.3, -0.25) is 9.52 Å². The van der Waals surface area contributed by atoms with Gasteiger partial charge >= 0.3 is 0 Å². The van der Waals surface area contributed by atoms with Crippen LogP contribution in [0.5, 0.6) is 11.5 Å². The first-order chi connectivity index (χ1) is 11.7. The number of sulfonamides is 1. The summed E-state index contributed by atoms with van der Waals surface area (Å²) in [6, 6.07) is 10.1. The van der Waals surface area contributed by atoms with Crippen LogP contribution in [0.15, 0.2) is 47.6 Å². The summed E-state index contributed by atoms with van der Waals surface area (Å²) < 4.78 is 24.9. The topological polar surface area (TPSA) is 128 Å². The van der Waals surface area contributed by atoms with Crippen molar-refractivity contribution < 1.29 is 23.4 Å². The average Bonchev–Trinajstić information content (AvgIpc) is 2.53. The van der Waals surface area contributed by atoms with E-state index < -0.39 is 15.9 Å². The summed E-state index contributed by atoms with van der Waals surface area (Å²) in [5, 5.41) is 23.0. The second-order valence-electron chi connectivity index (χ2n) is 5.29. The molecule has 2 aromatic carbocycles. The highest BCUT2D eigenvalue weighted by molar-refractivity contribution is 7.92. The van der Waals surface area contributed by atoms with Crippen molar-refractivity contribution >= 4 is 27.3 Å². The monoisotopic (exact) mass is 363 g/mol. The largest absolute Gasteiger partial charge is 0.508 e. The molecule has 132 valence electrons. The van der Waals surface area contributed by atoms with Gasteiger partial charge in [0, 0.05) is 5.69 Å². The van der Waals surface area contributed by atoms with E-state index in [0.29, 0.717) is 17.0 Å². The first-order valence-corrected chi connectivity index (χ1v) is 9.00. The lowest BCUT2D eigenvalue weighted by Crippen LogP contribution is -2.19. The lowest BCUT2D eigenvalue weighted by Gasteiger charge is -2.07. The number of nitrogens with one attached hydrogen (secondary N) is 2. The fraction of sp³-hybridized carbons (Fsp3) is 0.125. The molecule has 25 heavy (non-hydrogen) atoms. The molecule has 0 heterocycles. The third kappa shape index (κ3) is 5.21. The molecule has 0 unspecified atom stereocenters. The number of hydrazone groups is 1. The zero-order valence-corrected chi connectivity index (χ0v) is 14.3. The van der Waals surface area contributed by atoms with Crippen LogP contribution in [-0.2, 0) is 10.0 Å². The maximum Gasteiger partial charge on any atom is 0.275 e. The highest BCUT2D eigenvalue weighted by Crippen LogP contribution is 2.21. The first-order valence-electron chi connectivity index (χ1n) is 7.10. The SMILES string of the molecule is C/C(=N/NC(=O)c1cc(O)ccc1O)c1cccc(NS(C)(=O)=O)c1. The molecule has 0 aromatic heterocycles. The fourth-order valence-electron chi connectivity index (χ4n) is 1.99. The Labute approximate surface area is 144 Å². The van der Waals surface area contributed by atoms with Crippen molar-refractivity contribution in [2.24, 2.45) is 5.10 Å². The molecule has 0 spiro atoms. The van der Waals surface area contributed by atoms with Crippen molar-refractivity contribution in [3.05, 3.63) is 53.6 Å². The van der Waals surface area contributed by atoms with Crippen molar-refractivity contribution in [1.29, 1.82) is 0 Å². The van der Waals surface area contributed by atoms with Gasteiger partial charge in [-0.05, 0) is 42.8 Å². The van der Waals surface area contributed by atoms with Crippen LogP contribution in [0, 0.1) is 0 Å². The summed E-state index contributed by atoms with van der Waals surface area (Å²) in [7, 11) is -3.40. The van der Waals surface area contributed by atoms with Crippen LogP contribution in [0.3, 0.4) is 0 Å². The smallest absolute Gasteiger partial charge is 0.275 e. The number of carbonyl (C=O) groups excluding carboxylic acids is 1. The van der Waals surface area contributed by atoms with E-state index in [0.717, 1.165) is 12.3 Å². The summed E-state index contributed by atoms with van der Waals surface area (Å²) in [6.07, 6.45) is 1.04. The van der Waals surface area contributed by atoms with Crippen LogP contribution >= 0.6 is 0 Å². The van der Waals surface area contributed by atoms with Gasteiger partial charge in [-0.25, -0.2) is 13.8 Å². The van der Waals surface area contributed by atoms with Gasteiger partial charge < -0.3 is 10.2 Å². The molecule has 0 radical (unpaired) electrons. The lowest BCUT2D eigenvalue weighted by atomic mass is 10.1. The van der Waals surface area contributed by atoms with E-state index in [2.05, 4.69) is 15.2 Å². The Balaban J connectivity index is 2.17. The minimum absolute atomic E-state index is 0.121. The minimum atomic E-state index is -3.40. The molecule has 0 saturated heterocycles. The number of amides is 1. The number of nitrogens with zero attached hydrogens (tertiary/aromatic N) is 1. The molecule has 9 heteroatoms. The van der Waals surface area contributed by atoms with Crippen LogP contribution in [-0.4, -0.2) is 36.5 Å². The van der Waals surface area contributed by atoms with E-state index in [1.807, 2.05) is 0 Å². The van der Waals surface area contributed by atoms with E-state index >= 15 is 0 Å². The summed E-state index contributed by atoms with van der Waals surface area (Å²) >= 11 is 0. The molecular weight excluding hydrogens is 346 g/mol. The molecule has 4 N–H and O–H groups in total. The zero-order chi connectivity index (χ0) is 18.6. The van der Waals surface area contributed by atoms with Crippen LogP contribution in [0.25, 0.3) is 0 Å². The molecule has 0 aliphatic heterocycles. The third-order valence-corrected chi connectivity index (χ3v) is 3.74. The Kier molecular flexibility index (Phi) is 5.28. The maximum absolute atomic E-state index is 12.0. The molecule has 1 amide bonds. The molecule has 0 atom stereocenters. The number of phenols is 2. The van der Waals surface area contributed by atoms with Gasteiger partial charge in [-0.15, -0.1) is 0 Å². The standard InChI is InChI=1S/C16H17N3O5S/c1-10(11-4-3-5-12(8-11)19-25(2,23)24)17-18-16(22)14-9-13(20)6-7-15(14)21/h3-9,19-21H,1-2H3,(H,18,22)/b17-10-.